The van der Waals surface area contributed by atoms with Crippen LogP contribution in [0.4, 0.5) is 5.69 Å². The third kappa shape index (κ3) is 3.36. The number of benzene rings is 2. The maximum Gasteiger partial charge on any atom is 0.144 e. The van der Waals surface area contributed by atoms with Crippen molar-refractivity contribution in [2.45, 2.75) is 38.5 Å². The van der Waals surface area contributed by atoms with E-state index in [-0.39, 0.29) is 0 Å². The second-order valence-electron chi connectivity index (χ2n) is 7.10. The zero-order valence-corrected chi connectivity index (χ0v) is 17.3. The molecule has 0 amide bonds. The summed E-state index contributed by atoms with van der Waals surface area (Å²) in [6.45, 7) is 6.74. The van der Waals surface area contributed by atoms with Crippen molar-refractivity contribution in [3.8, 4) is 5.75 Å². The second-order valence-corrected chi connectivity index (χ2v) is 9.12. The molecule has 0 fully saturated rings. The highest BCUT2D eigenvalue weighted by atomic mass is 32.3. The summed E-state index contributed by atoms with van der Waals surface area (Å²) < 4.78 is 24.5. The van der Waals surface area contributed by atoms with Crippen LogP contribution in [0.25, 0.3) is 16.5 Å². The van der Waals surface area contributed by atoms with Crippen LogP contribution in [0.15, 0.2) is 63.2 Å². The largest absolute Gasteiger partial charge is 0.622 e. The molecule has 0 N–H and O–H groups in total. The molecule has 144 valence electrons. The summed E-state index contributed by atoms with van der Waals surface area (Å²) in [6, 6.07) is 15.4. The fraction of sp³-hybridized carbons (Fsp3) is 0.261. The number of aryl methyl sites for hydroxylation is 1. The maximum absolute atomic E-state index is 13.7. The van der Waals surface area contributed by atoms with Crippen molar-refractivity contribution in [3.05, 3.63) is 65.2 Å². The van der Waals surface area contributed by atoms with Gasteiger partial charge in [0.1, 0.15) is 27.3 Å². The number of allylic oxidation sites excluding steroid dienone is 1. The van der Waals surface area contributed by atoms with E-state index in [9.17, 15) is 4.55 Å². The molecule has 0 saturated carbocycles. The molecule has 1 unspecified atom stereocenters. The molecule has 0 bridgehead atoms. The Kier molecular flexibility index (Phi) is 5.04. The molecule has 1 atom stereocenters. The zero-order chi connectivity index (χ0) is 19.7. The smallest absolute Gasteiger partial charge is 0.144 e. The normalized spacial score (nSPS) is 18.4. The van der Waals surface area contributed by atoms with Crippen LogP contribution in [-0.4, -0.2) is 16.1 Å². The number of hydrogen-bond donors (Lipinski definition) is 0. The molecule has 5 heteroatoms. The van der Waals surface area contributed by atoms with Gasteiger partial charge in [-0.1, -0.05) is 42.0 Å². The topological polar surface area (TPSA) is 57.5 Å². The highest BCUT2D eigenvalue weighted by Crippen LogP contribution is 2.43. The van der Waals surface area contributed by atoms with Crippen LogP contribution >= 0.6 is 0 Å². The third-order valence-electron chi connectivity index (χ3n) is 4.87. The number of unbranched alkanes of at least 4 members (excludes halogenated alkanes) is 1. The molecule has 1 aromatic heterocycles. The average Bonchev–Trinajstić information content (AvgIpc) is 2.69. The molecule has 3 aromatic rings. The van der Waals surface area contributed by atoms with Gasteiger partial charge in [-0.15, -0.1) is 0 Å². The van der Waals surface area contributed by atoms with Gasteiger partial charge in [0.2, 0.25) is 0 Å². The van der Waals surface area contributed by atoms with Crippen LogP contribution in [0.3, 0.4) is 0 Å². The molecule has 1 aliphatic heterocycles. The minimum absolute atomic E-state index is 0.670. The monoisotopic (exact) mass is 392 g/mol. The van der Waals surface area contributed by atoms with Gasteiger partial charge in [-0.3, -0.25) is 4.98 Å². The van der Waals surface area contributed by atoms with Gasteiger partial charge in [0.05, 0.1) is 6.61 Å². The Morgan fingerprint density at radius 2 is 1.86 bits per heavy atom. The van der Waals surface area contributed by atoms with Crippen LogP contribution in [0.2, 0.25) is 0 Å². The van der Waals surface area contributed by atoms with Gasteiger partial charge in [0, 0.05) is 28.3 Å². The molecule has 0 spiro atoms. The van der Waals surface area contributed by atoms with E-state index >= 15 is 0 Å². The van der Waals surface area contributed by atoms with Crippen molar-refractivity contribution in [1.82, 2.24) is 4.98 Å². The Morgan fingerprint density at radius 1 is 1.07 bits per heavy atom. The van der Waals surface area contributed by atoms with E-state index in [2.05, 4.69) is 6.92 Å². The summed E-state index contributed by atoms with van der Waals surface area (Å²) in [4.78, 5) is 5.46. The lowest BCUT2D eigenvalue weighted by Crippen LogP contribution is -2.11. The summed E-state index contributed by atoms with van der Waals surface area (Å²) in [5.74, 6) is 0.812. The van der Waals surface area contributed by atoms with Crippen LogP contribution in [0.5, 0.6) is 5.75 Å². The number of fused-ring (bicyclic) bond motifs is 3. The molecule has 2 aromatic carbocycles. The van der Waals surface area contributed by atoms with Gasteiger partial charge in [0.25, 0.3) is 0 Å². The van der Waals surface area contributed by atoms with Crippen molar-refractivity contribution in [3.63, 3.8) is 0 Å². The molecule has 0 aliphatic carbocycles. The van der Waals surface area contributed by atoms with Crippen molar-refractivity contribution in [2.24, 2.45) is 4.36 Å². The Morgan fingerprint density at radius 3 is 2.61 bits per heavy atom. The zero-order valence-electron chi connectivity index (χ0n) is 16.4. The first kappa shape index (κ1) is 18.8. The van der Waals surface area contributed by atoms with Crippen molar-refractivity contribution in [1.29, 1.82) is 0 Å². The van der Waals surface area contributed by atoms with Crippen LogP contribution in [0, 0.1) is 6.92 Å². The molecule has 4 nitrogen and oxygen atoms in total. The van der Waals surface area contributed by atoms with Crippen molar-refractivity contribution < 1.29 is 9.29 Å². The number of hydrogen-bond acceptors (Lipinski definition) is 4. The predicted octanol–water partition coefficient (Wildman–Crippen LogP) is 6.26. The van der Waals surface area contributed by atoms with E-state index in [4.69, 9.17) is 14.1 Å². The van der Waals surface area contributed by atoms with Crippen LogP contribution < -0.4 is 4.74 Å². The second kappa shape index (κ2) is 7.49. The van der Waals surface area contributed by atoms with Gasteiger partial charge >= 0.3 is 0 Å². The number of rotatable bonds is 5. The summed E-state index contributed by atoms with van der Waals surface area (Å²) in [6.07, 6.45) is 2.08. The molecule has 28 heavy (non-hydrogen) atoms. The van der Waals surface area contributed by atoms with Gasteiger partial charge in [-0.25, -0.2) is 0 Å². The Labute approximate surface area is 167 Å². The van der Waals surface area contributed by atoms with Crippen molar-refractivity contribution in [2.75, 3.05) is 6.61 Å². The minimum Gasteiger partial charge on any atom is -0.622 e. The summed E-state index contributed by atoms with van der Waals surface area (Å²) in [7, 11) is -2.69. The predicted molar refractivity (Wildman–Crippen MR) is 115 cm³/mol. The highest BCUT2D eigenvalue weighted by molar-refractivity contribution is 8.03. The molecular formula is C23H24N2O2S. The lowest BCUT2D eigenvalue weighted by molar-refractivity contribution is 0.312. The van der Waals surface area contributed by atoms with Gasteiger partial charge in [-0.2, -0.15) is 0 Å². The average molecular weight is 393 g/mol. The molecular weight excluding hydrogens is 368 g/mol. The number of ether oxygens (including phenoxy) is 1. The SMILES string of the molecule is CCCCOc1cc(C)nc2c3c(ccc12)C(C)=C[S+]([O-])(c1ccccc1)=N3. The van der Waals surface area contributed by atoms with E-state index in [1.807, 2.05) is 62.4 Å². The van der Waals surface area contributed by atoms with E-state index in [0.29, 0.717) is 17.2 Å². The summed E-state index contributed by atoms with van der Waals surface area (Å²) >= 11 is 0. The molecule has 0 saturated heterocycles. The van der Waals surface area contributed by atoms with E-state index < -0.39 is 10.1 Å². The highest BCUT2D eigenvalue weighted by Gasteiger charge is 2.26. The fourth-order valence-electron chi connectivity index (χ4n) is 3.43. The number of nitrogens with zero attached hydrogens (tertiary/aromatic N) is 2. The molecule has 2 heterocycles. The quantitative estimate of drug-likeness (QED) is 0.380. The third-order valence-corrected chi connectivity index (χ3v) is 6.94. The molecule has 4 rings (SSSR count). The van der Waals surface area contributed by atoms with Crippen LogP contribution in [0.1, 0.15) is 37.9 Å². The van der Waals surface area contributed by atoms with Gasteiger partial charge in [0.15, 0.2) is 0 Å². The number of pyridine rings is 1. The Bertz CT molecular complexity index is 1120. The summed E-state index contributed by atoms with van der Waals surface area (Å²) in [5.41, 5.74) is 4.23. The first-order chi connectivity index (χ1) is 13.5. The summed E-state index contributed by atoms with van der Waals surface area (Å²) in [5, 5.41) is 2.69. The van der Waals surface area contributed by atoms with Gasteiger partial charge in [-0.05, 0) is 48.6 Å². The molecule has 1 aliphatic rings. The van der Waals surface area contributed by atoms with Crippen LogP contribution in [-0.2, 0) is 10.1 Å². The lowest BCUT2D eigenvalue weighted by atomic mass is 10.0. The maximum atomic E-state index is 13.7. The first-order valence-corrected chi connectivity index (χ1v) is 11.2. The van der Waals surface area contributed by atoms with E-state index in [1.54, 1.807) is 5.41 Å². The van der Waals surface area contributed by atoms with E-state index in [1.165, 1.54) is 0 Å². The van der Waals surface area contributed by atoms with Gasteiger partial charge < -0.3 is 9.29 Å². The lowest BCUT2D eigenvalue weighted by Gasteiger charge is -2.24. The Hall–Kier alpha value is -2.50. The van der Waals surface area contributed by atoms with E-state index in [0.717, 1.165) is 46.3 Å². The van der Waals surface area contributed by atoms with Crippen molar-refractivity contribution >= 4 is 32.3 Å². The molecule has 0 radical (unpaired) electrons. The standard InChI is InChI=1S/C23H24N2O2S/c1-4-5-13-27-21-14-17(3)24-22-20(21)12-11-19-16(2)15-28(26,25-23(19)22)18-9-7-6-8-10-18/h6-12,14-15H,4-5,13H2,1-3H3. The fourth-order valence-corrected chi connectivity index (χ4v) is 5.33. The number of aromatic nitrogens is 1. The Balaban J connectivity index is 1.94. The minimum atomic E-state index is -2.69. The first-order valence-electron chi connectivity index (χ1n) is 9.60.